The number of nitrogens with zero attached hydrogens (tertiary/aromatic N) is 3. The molecule has 4 heterocycles. The average Bonchev–Trinajstić information content (AvgIpc) is 2.74. The lowest BCUT2D eigenvalue weighted by molar-refractivity contribution is 0.0890. The number of hydrogen-bond acceptors (Lipinski definition) is 3. The van der Waals surface area contributed by atoms with Gasteiger partial charge >= 0.3 is 0 Å². The van der Waals surface area contributed by atoms with Crippen LogP contribution in [0.15, 0.2) is 24.4 Å². The van der Waals surface area contributed by atoms with Crippen molar-refractivity contribution in [3.05, 3.63) is 30.1 Å². The zero-order valence-electron chi connectivity index (χ0n) is 13.0. The molecule has 1 aliphatic carbocycles. The molecule has 1 saturated carbocycles. The van der Waals surface area contributed by atoms with Crippen molar-refractivity contribution in [3.63, 3.8) is 0 Å². The first-order valence-electron chi connectivity index (χ1n) is 8.73. The van der Waals surface area contributed by atoms with Gasteiger partial charge in [0.15, 0.2) is 0 Å². The van der Waals surface area contributed by atoms with Crippen molar-refractivity contribution in [2.45, 2.75) is 44.7 Å². The van der Waals surface area contributed by atoms with E-state index in [0.717, 1.165) is 24.4 Å². The van der Waals surface area contributed by atoms with E-state index in [4.69, 9.17) is 0 Å². The lowest BCUT2D eigenvalue weighted by atomic mass is 9.83. The van der Waals surface area contributed by atoms with Gasteiger partial charge in [0.05, 0.1) is 5.69 Å². The van der Waals surface area contributed by atoms with Gasteiger partial charge in [-0.1, -0.05) is 12.5 Å². The summed E-state index contributed by atoms with van der Waals surface area (Å²) in [5.74, 6) is 1.89. The van der Waals surface area contributed by atoms with E-state index in [2.05, 4.69) is 26.9 Å². The molecule has 3 nitrogen and oxygen atoms in total. The van der Waals surface area contributed by atoms with Crippen LogP contribution in [-0.4, -0.2) is 47.0 Å². The molecule has 0 aromatic carbocycles. The highest BCUT2D eigenvalue weighted by molar-refractivity contribution is 5.04. The Labute approximate surface area is 128 Å². The number of fused-ring (bicyclic) bond motifs is 4. The highest BCUT2D eigenvalue weighted by Gasteiger charge is 2.36. The molecule has 114 valence electrons. The quantitative estimate of drug-likeness (QED) is 0.848. The van der Waals surface area contributed by atoms with Crippen LogP contribution in [0.25, 0.3) is 0 Å². The lowest BCUT2D eigenvalue weighted by Crippen LogP contribution is -2.46. The fraction of sp³-hybridized carbons (Fsp3) is 0.722. The van der Waals surface area contributed by atoms with Gasteiger partial charge in [0, 0.05) is 45.0 Å². The monoisotopic (exact) mass is 285 g/mol. The Balaban J connectivity index is 1.40. The van der Waals surface area contributed by atoms with Crippen molar-refractivity contribution < 1.29 is 0 Å². The van der Waals surface area contributed by atoms with Crippen LogP contribution in [0.2, 0.25) is 0 Å². The van der Waals surface area contributed by atoms with Gasteiger partial charge in [-0.2, -0.15) is 0 Å². The molecule has 0 amide bonds. The summed E-state index contributed by atoms with van der Waals surface area (Å²) in [6.45, 7) is 6.28. The molecule has 4 fully saturated rings. The molecule has 21 heavy (non-hydrogen) atoms. The van der Waals surface area contributed by atoms with Gasteiger partial charge in [-0.15, -0.1) is 0 Å². The summed E-state index contributed by atoms with van der Waals surface area (Å²) in [7, 11) is 0. The van der Waals surface area contributed by atoms with Gasteiger partial charge in [0.2, 0.25) is 0 Å². The van der Waals surface area contributed by atoms with Crippen molar-refractivity contribution in [3.8, 4) is 0 Å². The molecule has 0 radical (unpaired) electrons. The van der Waals surface area contributed by atoms with Crippen molar-refractivity contribution in [1.82, 2.24) is 14.8 Å². The van der Waals surface area contributed by atoms with Crippen molar-refractivity contribution in [2.75, 3.05) is 26.2 Å². The maximum absolute atomic E-state index is 4.51. The molecule has 1 aromatic heterocycles. The van der Waals surface area contributed by atoms with E-state index >= 15 is 0 Å². The Kier molecular flexibility index (Phi) is 3.95. The number of pyridine rings is 1. The van der Waals surface area contributed by atoms with Crippen LogP contribution in [0.5, 0.6) is 0 Å². The molecule has 0 N–H and O–H groups in total. The zero-order chi connectivity index (χ0) is 14.1. The van der Waals surface area contributed by atoms with Crippen LogP contribution in [0.4, 0.5) is 0 Å². The molecule has 3 saturated heterocycles. The van der Waals surface area contributed by atoms with E-state index in [-0.39, 0.29) is 0 Å². The maximum atomic E-state index is 4.51. The molecule has 2 bridgehead atoms. The molecular weight excluding hydrogens is 258 g/mol. The highest BCUT2D eigenvalue weighted by atomic mass is 15.3. The van der Waals surface area contributed by atoms with E-state index < -0.39 is 0 Å². The summed E-state index contributed by atoms with van der Waals surface area (Å²) in [6, 6.07) is 7.08. The Morgan fingerprint density at radius 1 is 1.05 bits per heavy atom. The lowest BCUT2D eigenvalue weighted by Gasteiger charge is -2.40. The largest absolute Gasteiger partial charge is 0.299 e. The molecule has 3 aliphatic heterocycles. The smallest absolute Gasteiger partial charge is 0.0543 e. The van der Waals surface area contributed by atoms with Crippen LogP contribution < -0.4 is 0 Å². The topological polar surface area (TPSA) is 19.4 Å². The first kappa shape index (κ1) is 13.7. The fourth-order valence-corrected chi connectivity index (χ4v) is 4.36. The molecule has 5 rings (SSSR count). The maximum Gasteiger partial charge on any atom is 0.0543 e. The first-order valence-corrected chi connectivity index (χ1v) is 8.73. The van der Waals surface area contributed by atoms with Crippen LogP contribution in [0.3, 0.4) is 0 Å². The van der Waals surface area contributed by atoms with Gasteiger partial charge in [-0.25, -0.2) is 0 Å². The number of hydrogen-bond donors (Lipinski definition) is 0. The normalized spacial score (nSPS) is 31.0. The highest BCUT2D eigenvalue weighted by Crippen LogP contribution is 2.33. The predicted octanol–water partition coefficient (Wildman–Crippen LogP) is 2.78. The summed E-state index contributed by atoms with van der Waals surface area (Å²) in [6.07, 6.45) is 9.20. The second-order valence-electron chi connectivity index (χ2n) is 7.36. The van der Waals surface area contributed by atoms with Crippen molar-refractivity contribution in [1.29, 1.82) is 0 Å². The summed E-state index contributed by atoms with van der Waals surface area (Å²) in [5, 5.41) is 0. The van der Waals surface area contributed by atoms with E-state index in [1.807, 2.05) is 12.3 Å². The van der Waals surface area contributed by atoms with E-state index in [1.165, 1.54) is 64.0 Å². The Bertz CT molecular complexity index is 457. The van der Waals surface area contributed by atoms with Gasteiger partial charge in [-0.05, 0) is 49.7 Å². The van der Waals surface area contributed by atoms with Crippen LogP contribution in [-0.2, 0) is 6.54 Å². The molecule has 0 spiro atoms. The minimum Gasteiger partial charge on any atom is -0.299 e. The number of rotatable bonds is 4. The Morgan fingerprint density at radius 3 is 2.76 bits per heavy atom. The molecule has 3 heteroatoms. The van der Waals surface area contributed by atoms with Crippen LogP contribution in [0.1, 0.15) is 37.8 Å². The van der Waals surface area contributed by atoms with E-state index in [1.54, 1.807) is 0 Å². The Morgan fingerprint density at radius 2 is 2.00 bits per heavy atom. The van der Waals surface area contributed by atoms with Crippen LogP contribution >= 0.6 is 0 Å². The van der Waals surface area contributed by atoms with E-state index in [0.29, 0.717) is 0 Å². The predicted molar refractivity (Wildman–Crippen MR) is 84.9 cm³/mol. The third-order valence-corrected chi connectivity index (χ3v) is 5.73. The van der Waals surface area contributed by atoms with E-state index in [9.17, 15) is 0 Å². The Hall–Kier alpha value is -0.930. The molecular formula is C18H27N3. The van der Waals surface area contributed by atoms with Crippen molar-refractivity contribution in [2.24, 2.45) is 11.8 Å². The van der Waals surface area contributed by atoms with Gasteiger partial charge in [0.1, 0.15) is 0 Å². The second kappa shape index (κ2) is 6.05. The van der Waals surface area contributed by atoms with Gasteiger partial charge < -0.3 is 0 Å². The summed E-state index contributed by atoms with van der Waals surface area (Å²) in [5.41, 5.74) is 1.23. The summed E-state index contributed by atoms with van der Waals surface area (Å²) in [4.78, 5) is 10.00. The van der Waals surface area contributed by atoms with Crippen LogP contribution in [0, 0.1) is 11.8 Å². The third kappa shape index (κ3) is 3.14. The summed E-state index contributed by atoms with van der Waals surface area (Å²) >= 11 is 0. The SMILES string of the molecule is c1ccc(CN2C[C@H]3CC[C@@H](C2)N(CC2CCC2)C3)nc1. The minimum absolute atomic E-state index is 0.799. The van der Waals surface area contributed by atoms with Gasteiger partial charge in [0.25, 0.3) is 0 Å². The number of aromatic nitrogens is 1. The molecule has 0 unspecified atom stereocenters. The first-order chi connectivity index (χ1) is 10.4. The average molecular weight is 285 g/mol. The van der Waals surface area contributed by atoms with Crippen molar-refractivity contribution >= 4 is 0 Å². The summed E-state index contributed by atoms with van der Waals surface area (Å²) < 4.78 is 0. The number of piperidine rings is 1. The second-order valence-corrected chi connectivity index (χ2v) is 7.36. The third-order valence-electron chi connectivity index (χ3n) is 5.73. The fourth-order valence-electron chi connectivity index (χ4n) is 4.36. The molecule has 2 atom stereocenters. The minimum atomic E-state index is 0.799. The van der Waals surface area contributed by atoms with Gasteiger partial charge in [-0.3, -0.25) is 14.8 Å². The standard InChI is InChI=1S/C18H27N3/c1-2-9-19-17(6-1)13-20-10-16-7-8-18(14-20)21(12-16)11-15-4-3-5-15/h1-2,6,9,15-16,18H,3-5,7-8,10-14H2/t16-,18+/m1/s1. The zero-order valence-corrected chi connectivity index (χ0v) is 13.0. The molecule has 4 aliphatic rings. The molecule has 1 aromatic rings.